The van der Waals surface area contributed by atoms with Gasteiger partial charge in [0.25, 0.3) is 0 Å². The Hall–Kier alpha value is -1.92. The molecule has 102 valence electrons. The maximum atomic E-state index is 5.68. The van der Waals surface area contributed by atoms with E-state index in [1.165, 1.54) is 0 Å². The molecule has 1 aromatic carbocycles. The van der Waals surface area contributed by atoms with Gasteiger partial charge < -0.3 is 4.74 Å². The van der Waals surface area contributed by atoms with E-state index in [1.54, 1.807) is 13.3 Å². The predicted octanol–water partition coefficient (Wildman–Crippen LogP) is 1.25. The molecule has 0 fully saturated rings. The monoisotopic (exact) mass is 261 g/mol. The average molecular weight is 261 g/mol. The number of nitrogens with one attached hydrogen (secondary N) is 1. The molecule has 6 nitrogen and oxygen atoms in total. The fourth-order valence-corrected chi connectivity index (χ4v) is 2.02. The van der Waals surface area contributed by atoms with Gasteiger partial charge in [-0.05, 0) is 24.1 Å². The first-order valence-electron chi connectivity index (χ1n) is 6.28. The van der Waals surface area contributed by atoms with Gasteiger partial charge in [0.1, 0.15) is 5.75 Å². The summed E-state index contributed by atoms with van der Waals surface area (Å²) in [5.41, 5.74) is 4.81. The molecule has 0 amide bonds. The van der Waals surface area contributed by atoms with Gasteiger partial charge in [-0.3, -0.25) is 5.84 Å². The normalized spacial score (nSPS) is 12.4. The predicted molar refractivity (Wildman–Crippen MR) is 72.5 cm³/mol. The van der Waals surface area contributed by atoms with Gasteiger partial charge >= 0.3 is 0 Å². The Morgan fingerprint density at radius 1 is 1.37 bits per heavy atom. The van der Waals surface area contributed by atoms with Crippen molar-refractivity contribution in [1.29, 1.82) is 0 Å². The van der Waals surface area contributed by atoms with Crippen LogP contribution in [0.5, 0.6) is 5.75 Å². The summed E-state index contributed by atoms with van der Waals surface area (Å²) in [6, 6.07) is 7.65. The fourth-order valence-electron chi connectivity index (χ4n) is 2.02. The van der Waals surface area contributed by atoms with E-state index in [-0.39, 0.29) is 6.04 Å². The summed E-state index contributed by atoms with van der Waals surface area (Å²) in [7, 11) is 1.65. The number of nitrogens with zero attached hydrogens (tertiary/aromatic N) is 3. The minimum atomic E-state index is -0.132. The molecule has 0 aliphatic rings. The zero-order chi connectivity index (χ0) is 13.7. The number of aryl methyl sites for hydroxylation is 1. The molecule has 6 heteroatoms. The molecule has 19 heavy (non-hydrogen) atoms. The average Bonchev–Trinajstić information content (AvgIpc) is 2.89. The molecular formula is C13H19N5O. The minimum absolute atomic E-state index is 0.132. The van der Waals surface area contributed by atoms with Crippen molar-refractivity contribution in [2.75, 3.05) is 7.11 Å². The van der Waals surface area contributed by atoms with Crippen LogP contribution >= 0.6 is 0 Å². The van der Waals surface area contributed by atoms with E-state index in [0.717, 1.165) is 30.0 Å². The van der Waals surface area contributed by atoms with Crippen LogP contribution in [0.25, 0.3) is 0 Å². The number of hydrogen-bond donors (Lipinski definition) is 2. The van der Waals surface area contributed by atoms with Gasteiger partial charge in [0.05, 0.1) is 25.0 Å². The molecule has 2 rings (SSSR count). The van der Waals surface area contributed by atoms with Crippen LogP contribution in [0.15, 0.2) is 30.5 Å². The van der Waals surface area contributed by atoms with Crippen molar-refractivity contribution in [3.8, 4) is 5.75 Å². The zero-order valence-corrected chi connectivity index (χ0v) is 11.2. The maximum Gasteiger partial charge on any atom is 0.118 e. The molecule has 0 saturated heterocycles. The summed E-state index contributed by atoms with van der Waals surface area (Å²) >= 11 is 0. The molecule has 3 N–H and O–H groups in total. The number of rotatable bonds is 6. The number of methoxy groups -OCH3 is 1. The van der Waals surface area contributed by atoms with E-state index in [1.807, 2.05) is 28.9 Å². The molecular weight excluding hydrogens is 242 g/mol. The molecule has 0 spiro atoms. The largest absolute Gasteiger partial charge is 0.497 e. The van der Waals surface area contributed by atoms with Crippen LogP contribution in [0.2, 0.25) is 0 Å². The van der Waals surface area contributed by atoms with Gasteiger partial charge in [-0.15, -0.1) is 5.10 Å². The van der Waals surface area contributed by atoms with Crippen LogP contribution < -0.4 is 16.0 Å². The summed E-state index contributed by atoms with van der Waals surface area (Å²) in [6.07, 6.45) is 2.74. The lowest BCUT2D eigenvalue weighted by atomic mass is 10.0. The van der Waals surface area contributed by atoms with Gasteiger partial charge in [-0.1, -0.05) is 24.3 Å². The molecule has 1 unspecified atom stereocenters. The minimum Gasteiger partial charge on any atom is -0.497 e. The van der Waals surface area contributed by atoms with Gasteiger partial charge in [-0.2, -0.15) is 0 Å². The van der Waals surface area contributed by atoms with Gasteiger partial charge in [0, 0.05) is 6.54 Å². The highest BCUT2D eigenvalue weighted by molar-refractivity contribution is 5.32. The van der Waals surface area contributed by atoms with E-state index in [0.29, 0.717) is 0 Å². The Kier molecular flexibility index (Phi) is 4.48. The third-order valence-corrected chi connectivity index (χ3v) is 2.99. The first-order chi connectivity index (χ1) is 9.30. The highest BCUT2D eigenvalue weighted by Crippen LogP contribution is 2.22. The van der Waals surface area contributed by atoms with Crippen LogP contribution in [0.4, 0.5) is 0 Å². The molecule has 0 aliphatic heterocycles. The Morgan fingerprint density at radius 2 is 2.11 bits per heavy atom. The first kappa shape index (κ1) is 13.5. The summed E-state index contributed by atoms with van der Waals surface area (Å²) in [5.74, 6) is 6.50. The van der Waals surface area contributed by atoms with Crippen LogP contribution in [0, 0.1) is 0 Å². The molecule has 0 aliphatic carbocycles. The maximum absolute atomic E-state index is 5.68. The molecule has 0 saturated carbocycles. The number of benzene rings is 1. The topological polar surface area (TPSA) is 78.0 Å². The highest BCUT2D eigenvalue weighted by atomic mass is 16.5. The number of nitrogens with two attached hydrogens (primary N) is 1. The highest BCUT2D eigenvalue weighted by Gasteiger charge is 2.17. The first-order valence-corrected chi connectivity index (χ1v) is 6.28. The Balaban J connectivity index is 2.29. The van der Waals surface area contributed by atoms with Crippen molar-refractivity contribution in [1.82, 2.24) is 20.4 Å². The van der Waals surface area contributed by atoms with E-state index < -0.39 is 0 Å². The summed E-state index contributed by atoms with van der Waals surface area (Å²) in [6.45, 7) is 2.92. The summed E-state index contributed by atoms with van der Waals surface area (Å²) in [4.78, 5) is 0. The Morgan fingerprint density at radius 3 is 2.68 bits per heavy atom. The number of hydrogen-bond acceptors (Lipinski definition) is 5. The number of ether oxygens (including phenoxy) is 1. The molecule has 1 atom stereocenters. The molecule has 1 aromatic heterocycles. The third kappa shape index (κ3) is 2.91. The van der Waals surface area contributed by atoms with Crippen molar-refractivity contribution >= 4 is 0 Å². The second kappa shape index (κ2) is 6.31. The van der Waals surface area contributed by atoms with E-state index >= 15 is 0 Å². The fraction of sp³-hybridized carbons (Fsp3) is 0.385. The second-order valence-corrected chi connectivity index (χ2v) is 4.25. The number of hydrazine groups is 1. The standard InChI is InChI=1S/C13H19N5O/c1-3-8-18-12(9-15-17-18)13(16-14)10-4-6-11(19-2)7-5-10/h4-7,9,13,16H,3,8,14H2,1-2H3. The zero-order valence-electron chi connectivity index (χ0n) is 11.2. The van der Waals surface area contributed by atoms with Crippen LogP contribution in [0.1, 0.15) is 30.6 Å². The SMILES string of the molecule is CCCn1nncc1C(NN)c1ccc(OC)cc1. The van der Waals surface area contributed by atoms with Gasteiger partial charge in [0.2, 0.25) is 0 Å². The van der Waals surface area contributed by atoms with Crippen molar-refractivity contribution in [2.24, 2.45) is 5.84 Å². The van der Waals surface area contributed by atoms with Gasteiger partial charge in [-0.25, -0.2) is 10.1 Å². The molecule has 2 aromatic rings. The van der Waals surface area contributed by atoms with Crippen LogP contribution in [-0.2, 0) is 6.54 Å². The van der Waals surface area contributed by atoms with Crippen molar-refractivity contribution < 1.29 is 4.74 Å². The second-order valence-electron chi connectivity index (χ2n) is 4.25. The van der Waals surface area contributed by atoms with Crippen molar-refractivity contribution in [3.05, 3.63) is 41.7 Å². The number of aromatic nitrogens is 3. The molecule has 1 heterocycles. The van der Waals surface area contributed by atoms with E-state index in [2.05, 4.69) is 22.7 Å². The van der Waals surface area contributed by atoms with Crippen molar-refractivity contribution in [3.63, 3.8) is 0 Å². The van der Waals surface area contributed by atoms with Gasteiger partial charge in [0.15, 0.2) is 0 Å². The smallest absolute Gasteiger partial charge is 0.118 e. The van der Waals surface area contributed by atoms with E-state index in [4.69, 9.17) is 10.6 Å². The van der Waals surface area contributed by atoms with Crippen LogP contribution in [-0.4, -0.2) is 22.1 Å². The summed E-state index contributed by atoms with van der Waals surface area (Å²) < 4.78 is 7.02. The Bertz CT molecular complexity index is 508. The lowest BCUT2D eigenvalue weighted by Crippen LogP contribution is -2.30. The molecule has 0 radical (unpaired) electrons. The lowest BCUT2D eigenvalue weighted by Gasteiger charge is -2.17. The molecule has 0 bridgehead atoms. The van der Waals surface area contributed by atoms with Crippen LogP contribution in [0.3, 0.4) is 0 Å². The Labute approximate surface area is 112 Å². The third-order valence-electron chi connectivity index (χ3n) is 2.99. The lowest BCUT2D eigenvalue weighted by molar-refractivity contribution is 0.414. The summed E-state index contributed by atoms with van der Waals surface area (Å²) in [5, 5.41) is 8.04. The van der Waals surface area contributed by atoms with Crippen molar-refractivity contribution in [2.45, 2.75) is 25.9 Å². The van der Waals surface area contributed by atoms with E-state index in [9.17, 15) is 0 Å². The quantitative estimate of drug-likeness (QED) is 0.604.